The van der Waals surface area contributed by atoms with Crippen molar-refractivity contribution >= 4 is 83.9 Å². The van der Waals surface area contributed by atoms with Gasteiger partial charge in [-0.1, -0.05) is 0 Å². The first-order valence-electron chi connectivity index (χ1n) is 7.11. The van der Waals surface area contributed by atoms with Gasteiger partial charge in [-0.15, -0.1) is 22.7 Å². The zero-order valence-corrected chi connectivity index (χ0v) is 19.1. The van der Waals surface area contributed by atoms with Gasteiger partial charge in [-0.05, 0) is 64.8 Å². The number of carboxylic acids is 2. The van der Waals surface area contributed by atoms with Gasteiger partial charge >= 0.3 is 18.0 Å². The van der Waals surface area contributed by atoms with Crippen molar-refractivity contribution in [2.75, 3.05) is 11.1 Å². The molecule has 2 rings (SSSR count). The van der Waals surface area contributed by atoms with Gasteiger partial charge in [0.15, 0.2) is 0 Å². The molecular weight excluding hydrogens is 528 g/mol. The third kappa shape index (κ3) is 7.87. The van der Waals surface area contributed by atoms with Crippen LogP contribution < -0.4 is 11.1 Å². The number of carbonyl (C=O) groups is 3. The normalized spacial score (nSPS) is 10.6. The highest BCUT2D eigenvalue weighted by Gasteiger charge is 2.19. The predicted molar refractivity (Wildman–Crippen MR) is 112 cm³/mol. The van der Waals surface area contributed by atoms with Crippen LogP contribution in [0.25, 0.3) is 0 Å². The largest absolute Gasteiger partial charge is 0.477 e. The summed E-state index contributed by atoms with van der Waals surface area (Å²) in [7, 11) is 0. The molecule has 12 heteroatoms. The molecule has 0 spiro atoms. The lowest BCUT2D eigenvalue weighted by atomic mass is 10.2. The van der Waals surface area contributed by atoms with Gasteiger partial charge in [-0.25, -0.2) is 14.4 Å². The summed E-state index contributed by atoms with van der Waals surface area (Å²) in [5, 5.41) is 19.7. The monoisotopic (exact) mass is 542 g/mol. The topological polar surface area (TPSA) is 139 Å². The molecule has 5 N–H and O–H groups in total. The van der Waals surface area contributed by atoms with Gasteiger partial charge in [-0.2, -0.15) is 0 Å². The van der Waals surface area contributed by atoms with E-state index in [1.807, 2.05) is 0 Å². The number of nitrogens with one attached hydrogen (secondary N) is 1. The molecular formula is C15H16Br2N2O6S2. The van der Waals surface area contributed by atoms with E-state index in [4.69, 9.17) is 20.7 Å². The van der Waals surface area contributed by atoms with Crippen LogP contribution in [0.15, 0.2) is 19.7 Å². The Morgan fingerprint density at radius 3 is 1.85 bits per heavy atom. The van der Waals surface area contributed by atoms with Crippen LogP contribution in [0.5, 0.6) is 0 Å². The molecule has 0 atom stereocenters. The Labute approximate surface area is 179 Å². The molecule has 2 heterocycles. The van der Waals surface area contributed by atoms with Crippen molar-refractivity contribution in [3.8, 4) is 0 Å². The standard InChI is InChI=1S/C10H12BrNO4S.C5H4BrNO2S/c1-10(2,3)16-9(15)12-5-4-6(8(13)14)17-7(5)11;6-4-2(7)1-3(10-4)5(8)9/h4H,1-3H3,(H,12,15)(H,13,14);1H,7H2,(H,8,9). The van der Waals surface area contributed by atoms with Crippen molar-refractivity contribution in [3.05, 3.63) is 29.5 Å². The first-order valence-corrected chi connectivity index (χ1v) is 10.3. The maximum absolute atomic E-state index is 11.5. The molecule has 0 bridgehead atoms. The Morgan fingerprint density at radius 2 is 1.52 bits per heavy atom. The van der Waals surface area contributed by atoms with Crippen LogP contribution in [0.1, 0.15) is 40.1 Å². The van der Waals surface area contributed by atoms with E-state index >= 15 is 0 Å². The number of nitrogens with two attached hydrogens (primary N) is 1. The summed E-state index contributed by atoms with van der Waals surface area (Å²) in [6.07, 6.45) is -0.618. The maximum atomic E-state index is 11.5. The van der Waals surface area contributed by atoms with E-state index in [-0.39, 0.29) is 9.75 Å². The lowest BCUT2D eigenvalue weighted by Gasteiger charge is -2.19. The maximum Gasteiger partial charge on any atom is 0.412 e. The molecule has 2 aromatic rings. The number of amides is 1. The van der Waals surface area contributed by atoms with Gasteiger partial charge in [0.2, 0.25) is 0 Å². The number of hydrogen-bond donors (Lipinski definition) is 4. The summed E-state index contributed by atoms with van der Waals surface area (Å²) >= 11 is 8.44. The van der Waals surface area contributed by atoms with E-state index in [0.717, 1.165) is 22.7 Å². The number of anilines is 2. The molecule has 0 fully saturated rings. The van der Waals surface area contributed by atoms with Gasteiger partial charge in [0.25, 0.3) is 0 Å². The van der Waals surface area contributed by atoms with Crippen LogP contribution in [0.2, 0.25) is 0 Å². The van der Waals surface area contributed by atoms with Crippen LogP contribution in [-0.4, -0.2) is 33.8 Å². The minimum atomic E-state index is -1.03. The number of nitrogen functional groups attached to an aromatic ring is 1. The number of halogens is 2. The third-order valence-corrected chi connectivity index (χ3v) is 6.15. The van der Waals surface area contributed by atoms with Crippen molar-refractivity contribution in [2.45, 2.75) is 26.4 Å². The first kappa shape index (κ1) is 23.4. The predicted octanol–water partition coefficient (Wildman–Crippen LogP) is 5.35. The van der Waals surface area contributed by atoms with Crippen molar-refractivity contribution < 1.29 is 29.3 Å². The number of aromatic carboxylic acids is 2. The second-order valence-electron chi connectivity index (χ2n) is 5.87. The lowest BCUT2D eigenvalue weighted by molar-refractivity contribution is 0.0632. The average molecular weight is 544 g/mol. The Hall–Kier alpha value is -1.63. The molecule has 0 aliphatic rings. The second-order valence-corrected chi connectivity index (χ2v) is 10.6. The first-order chi connectivity index (χ1) is 12.3. The van der Waals surface area contributed by atoms with Crippen LogP contribution in [0.4, 0.5) is 16.2 Å². The van der Waals surface area contributed by atoms with E-state index in [2.05, 4.69) is 37.2 Å². The fourth-order valence-corrected chi connectivity index (χ4v) is 4.16. The molecule has 0 radical (unpaired) electrons. The Morgan fingerprint density at radius 1 is 1.04 bits per heavy atom. The minimum Gasteiger partial charge on any atom is -0.477 e. The van der Waals surface area contributed by atoms with E-state index in [1.54, 1.807) is 20.8 Å². The van der Waals surface area contributed by atoms with Gasteiger partial charge < -0.3 is 20.7 Å². The number of ether oxygens (including phenoxy) is 1. The van der Waals surface area contributed by atoms with E-state index in [1.165, 1.54) is 12.1 Å². The fraction of sp³-hybridized carbons (Fsp3) is 0.267. The SMILES string of the molecule is CC(C)(C)OC(=O)Nc1cc(C(=O)O)sc1Br.Nc1cc(C(=O)O)sc1Br. The van der Waals surface area contributed by atoms with Crippen LogP contribution in [-0.2, 0) is 4.74 Å². The molecule has 27 heavy (non-hydrogen) atoms. The number of carbonyl (C=O) groups excluding carboxylic acids is 1. The van der Waals surface area contributed by atoms with Crippen LogP contribution >= 0.6 is 54.5 Å². The molecule has 2 aromatic heterocycles. The highest BCUT2D eigenvalue weighted by Crippen LogP contribution is 2.33. The summed E-state index contributed by atoms with van der Waals surface area (Å²) in [6, 6.07) is 2.80. The third-order valence-electron chi connectivity index (χ3n) is 2.46. The zero-order chi connectivity index (χ0) is 20.9. The van der Waals surface area contributed by atoms with E-state index < -0.39 is 23.6 Å². The molecule has 148 valence electrons. The zero-order valence-electron chi connectivity index (χ0n) is 14.3. The van der Waals surface area contributed by atoms with Crippen LogP contribution in [0.3, 0.4) is 0 Å². The van der Waals surface area contributed by atoms with Gasteiger partial charge in [0.05, 0.1) is 18.9 Å². The molecule has 1 amide bonds. The number of hydrogen-bond acceptors (Lipinski definition) is 7. The molecule has 0 aliphatic carbocycles. The molecule has 0 unspecified atom stereocenters. The summed E-state index contributed by atoms with van der Waals surface area (Å²) in [4.78, 5) is 32.9. The Bertz CT molecular complexity index is 838. The number of rotatable bonds is 3. The quantitative estimate of drug-likeness (QED) is 0.409. The van der Waals surface area contributed by atoms with E-state index in [0.29, 0.717) is 18.9 Å². The summed E-state index contributed by atoms with van der Waals surface area (Å²) in [5.74, 6) is -1.98. The minimum absolute atomic E-state index is 0.142. The smallest absolute Gasteiger partial charge is 0.412 e. The van der Waals surface area contributed by atoms with E-state index in [9.17, 15) is 14.4 Å². The lowest BCUT2D eigenvalue weighted by Crippen LogP contribution is -2.27. The summed E-state index contributed by atoms with van der Waals surface area (Å²) in [6.45, 7) is 5.24. The summed E-state index contributed by atoms with van der Waals surface area (Å²) < 4.78 is 6.27. The second kappa shape index (κ2) is 9.53. The van der Waals surface area contributed by atoms with Crippen molar-refractivity contribution in [2.24, 2.45) is 0 Å². The van der Waals surface area contributed by atoms with Crippen LogP contribution in [0, 0.1) is 0 Å². The molecule has 0 aliphatic heterocycles. The molecule has 0 saturated carbocycles. The van der Waals surface area contributed by atoms with Gasteiger partial charge in [0, 0.05) is 0 Å². The Balaban J connectivity index is 0.000000309. The van der Waals surface area contributed by atoms with Gasteiger partial charge in [-0.3, -0.25) is 5.32 Å². The molecule has 0 aromatic carbocycles. The van der Waals surface area contributed by atoms with Crippen molar-refractivity contribution in [1.82, 2.24) is 0 Å². The summed E-state index contributed by atoms with van der Waals surface area (Å²) in [5.41, 5.74) is 5.65. The average Bonchev–Trinajstić information content (AvgIpc) is 3.02. The highest BCUT2D eigenvalue weighted by molar-refractivity contribution is 9.11. The van der Waals surface area contributed by atoms with Crippen molar-refractivity contribution in [1.29, 1.82) is 0 Å². The molecule has 8 nitrogen and oxygen atoms in total. The van der Waals surface area contributed by atoms with Gasteiger partial charge in [0.1, 0.15) is 15.4 Å². The highest BCUT2D eigenvalue weighted by atomic mass is 79.9. The van der Waals surface area contributed by atoms with Crippen molar-refractivity contribution in [3.63, 3.8) is 0 Å². The number of carboxylic acid groups (broad SMARTS) is 2. The fourth-order valence-electron chi connectivity index (χ4n) is 1.46. The Kier molecular flexibility index (Phi) is 8.26. The molecule has 0 saturated heterocycles. The number of thiophene rings is 2.